The normalized spacial score (nSPS) is 34.3. The van der Waals surface area contributed by atoms with E-state index in [2.05, 4.69) is 26.0 Å². The molecule has 1 nitrogen and oxygen atoms in total. The van der Waals surface area contributed by atoms with E-state index in [-0.39, 0.29) is 5.41 Å². The maximum atomic E-state index is 12.3. The Kier molecular flexibility index (Phi) is 3.03. The second-order valence-corrected chi connectivity index (χ2v) is 7.72. The van der Waals surface area contributed by atoms with E-state index in [1.165, 1.54) is 31.2 Å². The van der Waals surface area contributed by atoms with Crippen molar-refractivity contribution in [3.63, 3.8) is 0 Å². The lowest BCUT2D eigenvalue weighted by atomic mass is 9.64. The molecule has 1 heteroatoms. The summed E-state index contributed by atoms with van der Waals surface area (Å²) in [5, 5.41) is 0. The van der Waals surface area contributed by atoms with Gasteiger partial charge in [0.2, 0.25) is 0 Å². The fraction of sp³-hybridized carbons (Fsp3) is 0.650. The van der Waals surface area contributed by atoms with E-state index in [9.17, 15) is 4.79 Å². The molecule has 1 fully saturated rings. The summed E-state index contributed by atoms with van der Waals surface area (Å²) in [6, 6.07) is 4.78. The molecular weight excluding hydrogens is 256 g/mol. The Morgan fingerprint density at radius 3 is 2.81 bits per heavy atom. The summed E-state index contributed by atoms with van der Waals surface area (Å²) < 4.78 is 0. The highest BCUT2D eigenvalue weighted by atomic mass is 16.1. The maximum absolute atomic E-state index is 12.3. The van der Waals surface area contributed by atoms with E-state index in [1.807, 2.05) is 0 Å². The predicted molar refractivity (Wildman–Crippen MR) is 85.7 cm³/mol. The van der Waals surface area contributed by atoms with Crippen molar-refractivity contribution in [1.82, 2.24) is 0 Å². The van der Waals surface area contributed by atoms with Crippen molar-refractivity contribution in [3.8, 4) is 0 Å². The topological polar surface area (TPSA) is 17.1 Å². The third-order valence-corrected chi connectivity index (χ3v) is 6.79. The van der Waals surface area contributed by atoms with Gasteiger partial charge >= 0.3 is 0 Å². The van der Waals surface area contributed by atoms with Gasteiger partial charge in [0.25, 0.3) is 0 Å². The highest BCUT2D eigenvalue weighted by Crippen LogP contribution is 2.54. The molecule has 0 spiro atoms. The Balaban J connectivity index is 1.77. The molecule has 0 N–H and O–H groups in total. The van der Waals surface area contributed by atoms with E-state index in [0.29, 0.717) is 11.7 Å². The number of rotatable bonds is 1. The molecule has 3 aliphatic rings. The number of benzene rings is 1. The Labute approximate surface area is 128 Å². The van der Waals surface area contributed by atoms with Crippen LogP contribution in [0.15, 0.2) is 12.1 Å². The van der Waals surface area contributed by atoms with Crippen LogP contribution in [0.25, 0.3) is 0 Å². The summed E-state index contributed by atoms with van der Waals surface area (Å²) in [6.07, 6.45) is 9.32. The lowest BCUT2D eigenvalue weighted by Crippen LogP contribution is -2.33. The van der Waals surface area contributed by atoms with Crippen LogP contribution >= 0.6 is 0 Å². The summed E-state index contributed by atoms with van der Waals surface area (Å²) in [5.41, 5.74) is 6.39. The Hall–Kier alpha value is -1.11. The van der Waals surface area contributed by atoms with Crippen LogP contribution < -0.4 is 0 Å². The average molecular weight is 282 g/mol. The third kappa shape index (κ3) is 1.86. The van der Waals surface area contributed by atoms with Crippen molar-refractivity contribution in [2.45, 2.75) is 71.1 Å². The Bertz CT molecular complexity index is 600. The lowest BCUT2D eigenvalue weighted by molar-refractivity contribution is -0.126. The van der Waals surface area contributed by atoms with E-state index in [1.54, 1.807) is 16.7 Å². The van der Waals surface area contributed by atoms with Gasteiger partial charge in [0.1, 0.15) is 5.78 Å². The van der Waals surface area contributed by atoms with Gasteiger partial charge in [0, 0.05) is 11.8 Å². The minimum Gasteiger partial charge on any atom is -0.299 e. The van der Waals surface area contributed by atoms with Crippen LogP contribution in [-0.2, 0) is 24.1 Å². The first-order valence-corrected chi connectivity index (χ1v) is 8.80. The van der Waals surface area contributed by atoms with Gasteiger partial charge in [-0.3, -0.25) is 4.79 Å². The van der Waals surface area contributed by atoms with Gasteiger partial charge in [0.05, 0.1) is 0 Å². The van der Waals surface area contributed by atoms with Gasteiger partial charge in [-0.05, 0) is 72.6 Å². The molecule has 0 bridgehead atoms. The molecule has 0 aromatic heterocycles. The molecule has 2 unspecified atom stereocenters. The highest BCUT2D eigenvalue weighted by Gasteiger charge is 2.49. The van der Waals surface area contributed by atoms with E-state index >= 15 is 0 Å². The number of carbonyl (C=O) groups is 1. The standard InChI is InChI=1S/C20H26O/c1-3-13-4-6-15-14(12-13)5-7-17-16(15)10-11-20(2)18(17)8-9-19(20)21/h5,7,13,18H,3-4,6,8-12H2,1-2H3/t13-,18?,20?/m0/s1. The SMILES string of the molecule is CC[C@H]1CCc2c(ccc3c2CCC2(C)C(=O)CCC32)C1. The van der Waals surface area contributed by atoms with E-state index in [0.717, 1.165) is 31.6 Å². The van der Waals surface area contributed by atoms with Gasteiger partial charge in [-0.15, -0.1) is 0 Å². The van der Waals surface area contributed by atoms with Crippen LogP contribution in [0.2, 0.25) is 0 Å². The molecule has 1 aromatic carbocycles. The van der Waals surface area contributed by atoms with Crippen molar-refractivity contribution >= 4 is 5.78 Å². The predicted octanol–water partition coefficient (Wildman–Crippen LogP) is 4.60. The Morgan fingerprint density at radius 2 is 2.00 bits per heavy atom. The third-order valence-electron chi connectivity index (χ3n) is 6.79. The average Bonchev–Trinajstić information content (AvgIpc) is 2.82. The van der Waals surface area contributed by atoms with Crippen molar-refractivity contribution in [2.75, 3.05) is 0 Å². The van der Waals surface area contributed by atoms with Crippen molar-refractivity contribution in [1.29, 1.82) is 0 Å². The number of ketones is 1. The van der Waals surface area contributed by atoms with Crippen LogP contribution in [0.5, 0.6) is 0 Å². The summed E-state index contributed by atoms with van der Waals surface area (Å²) in [7, 11) is 0. The summed E-state index contributed by atoms with van der Waals surface area (Å²) in [6.45, 7) is 4.55. The van der Waals surface area contributed by atoms with Crippen LogP contribution in [0.3, 0.4) is 0 Å². The fourth-order valence-corrected chi connectivity index (χ4v) is 5.26. The number of carbonyl (C=O) groups excluding carboxylic acids is 1. The fourth-order valence-electron chi connectivity index (χ4n) is 5.26. The van der Waals surface area contributed by atoms with Crippen LogP contribution in [0.4, 0.5) is 0 Å². The molecule has 4 rings (SSSR count). The molecule has 0 aliphatic heterocycles. The number of hydrogen-bond acceptors (Lipinski definition) is 1. The minimum atomic E-state index is -0.0537. The van der Waals surface area contributed by atoms with Crippen LogP contribution in [0, 0.1) is 11.3 Å². The summed E-state index contributed by atoms with van der Waals surface area (Å²) in [5.74, 6) is 1.90. The monoisotopic (exact) mass is 282 g/mol. The largest absolute Gasteiger partial charge is 0.299 e. The molecule has 0 amide bonds. The van der Waals surface area contributed by atoms with E-state index in [4.69, 9.17) is 0 Å². The second kappa shape index (κ2) is 4.69. The molecular formula is C20H26O. The molecule has 3 aliphatic carbocycles. The number of hydrogen-bond donors (Lipinski definition) is 0. The van der Waals surface area contributed by atoms with Gasteiger partial charge in [-0.25, -0.2) is 0 Å². The minimum absolute atomic E-state index is 0.0537. The second-order valence-electron chi connectivity index (χ2n) is 7.72. The molecule has 1 aromatic rings. The summed E-state index contributed by atoms with van der Waals surface area (Å²) >= 11 is 0. The molecule has 21 heavy (non-hydrogen) atoms. The zero-order valence-electron chi connectivity index (χ0n) is 13.4. The van der Waals surface area contributed by atoms with Gasteiger partial charge in [0.15, 0.2) is 0 Å². The number of fused-ring (bicyclic) bond motifs is 5. The van der Waals surface area contributed by atoms with Gasteiger partial charge < -0.3 is 0 Å². The quantitative estimate of drug-likeness (QED) is 0.735. The van der Waals surface area contributed by atoms with Gasteiger partial charge in [-0.2, -0.15) is 0 Å². The van der Waals surface area contributed by atoms with Crippen LogP contribution in [0.1, 0.15) is 74.1 Å². The van der Waals surface area contributed by atoms with Crippen LogP contribution in [-0.4, -0.2) is 5.78 Å². The zero-order chi connectivity index (χ0) is 14.6. The van der Waals surface area contributed by atoms with Crippen molar-refractivity contribution in [2.24, 2.45) is 11.3 Å². The van der Waals surface area contributed by atoms with Gasteiger partial charge in [-0.1, -0.05) is 32.4 Å². The molecule has 1 saturated carbocycles. The zero-order valence-corrected chi connectivity index (χ0v) is 13.4. The summed E-state index contributed by atoms with van der Waals surface area (Å²) in [4.78, 5) is 12.3. The number of Topliss-reactive ketones (excluding diaryl/α,β-unsaturated/α-hetero) is 1. The Morgan fingerprint density at radius 1 is 1.14 bits per heavy atom. The van der Waals surface area contributed by atoms with Crippen molar-refractivity contribution in [3.05, 3.63) is 34.4 Å². The molecule has 0 radical (unpaired) electrons. The van der Waals surface area contributed by atoms with Crippen molar-refractivity contribution < 1.29 is 4.79 Å². The molecule has 3 atom stereocenters. The first-order valence-electron chi connectivity index (χ1n) is 8.80. The smallest absolute Gasteiger partial charge is 0.139 e. The molecule has 112 valence electrons. The maximum Gasteiger partial charge on any atom is 0.139 e. The lowest BCUT2D eigenvalue weighted by Gasteiger charge is -2.39. The van der Waals surface area contributed by atoms with E-state index < -0.39 is 0 Å². The molecule has 0 heterocycles. The highest BCUT2D eigenvalue weighted by molar-refractivity contribution is 5.88. The molecule has 0 saturated heterocycles. The first-order chi connectivity index (χ1) is 10.1. The first kappa shape index (κ1) is 13.5.